The van der Waals surface area contributed by atoms with Gasteiger partial charge in [0, 0.05) is 39.5 Å². The second-order valence-corrected chi connectivity index (χ2v) is 7.51. The van der Waals surface area contributed by atoms with Crippen LogP contribution in [-0.4, -0.2) is 73.0 Å². The van der Waals surface area contributed by atoms with E-state index in [9.17, 15) is 9.59 Å². The average Bonchev–Trinajstić information content (AvgIpc) is 3.03. The summed E-state index contributed by atoms with van der Waals surface area (Å²) in [6, 6.07) is 13.6. The van der Waals surface area contributed by atoms with Crippen LogP contribution in [0.25, 0.3) is 5.57 Å². The first-order valence-corrected chi connectivity index (χ1v) is 10.2. The van der Waals surface area contributed by atoms with Crippen LogP contribution in [0.1, 0.15) is 11.1 Å². The Hall–Kier alpha value is -3.19. The van der Waals surface area contributed by atoms with Gasteiger partial charge in [-0.05, 0) is 24.6 Å². The number of hydrogen-bond donors (Lipinski definition) is 0. The lowest BCUT2D eigenvalue weighted by Gasteiger charge is -2.37. The molecule has 0 aliphatic carbocycles. The topological polar surface area (TPSA) is 66.0 Å². The molecule has 2 aromatic rings. The number of imide groups is 1. The number of aromatic nitrogens is 1. The van der Waals surface area contributed by atoms with Gasteiger partial charge in [-0.2, -0.15) is 0 Å². The molecular weight excluding hydrogens is 380 g/mol. The number of amides is 2. The van der Waals surface area contributed by atoms with E-state index in [1.807, 2.05) is 54.3 Å². The second kappa shape index (κ2) is 8.67. The smallest absolute Gasteiger partial charge is 0.277 e. The Morgan fingerprint density at radius 2 is 1.63 bits per heavy atom. The maximum Gasteiger partial charge on any atom is 0.277 e. The van der Waals surface area contributed by atoms with Crippen molar-refractivity contribution in [2.45, 2.75) is 6.92 Å². The number of carbonyl (C=O) groups excluding carboxylic acids is 2. The predicted octanol–water partition coefficient (Wildman–Crippen LogP) is 1.94. The van der Waals surface area contributed by atoms with E-state index < -0.39 is 0 Å². The molecule has 156 valence electrons. The molecule has 0 radical (unpaired) electrons. The van der Waals surface area contributed by atoms with Crippen molar-refractivity contribution in [2.75, 3.05) is 51.3 Å². The van der Waals surface area contributed by atoms with Gasteiger partial charge in [-0.3, -0.25) is 14.5 Å². The minimum Gasteiger partial charge on any atom is -0.383 e. The Morgan fingerprint density at radius 3 is 2.27 bits per heavy atom. The average molecular weight is 406 g/mol. The Kier molecular flexibility index (Phi) is 5.81. The highest BCUT2D eigenvalue weighted by atomic mass is 16.5. The highest BCUT2D eigenvalue weighted by Gasteiger charge is 2.41. The number of anilines is 1. The summed E-state index contributed by atoms with van der Waals surface area (Å²) < 4.78 is 5.11. The van der Waals surface area contributed by atoms with Crippen molar-refractivity contribution < 1.29 is 14.3 Å². The monoisotopic (exact) mass is 406 g/mol. The molecule has 7 heteroatoms. The summed E-state index contributed by atoms with van der Waals surface area (Å²) in [7, 11) is 1.57. The molecule has 2 amide bonds. The summed E-state index contributed by atoms with van der Waals surface area (Å²) in [5, 5.41) is 0. The number of methoxy groups -OCH3 is 1. The molecule has 0 saturated carbocycles. The van der Waals surface area contributed by atoms with E-state index in [1.165, 1.54) is 4.90 Å². The SMILES string of the molecule is COCCN1C(=O)C(c2ccc(C)cc2)=C(N2CCN(c3ccccn3)CC2)C1=O. The first-order chi connectivity index (χ1) is 14.6. The van der Waals surface area contributed by atoms with Gasteiger partial charge in [0.15, 0.2) is 0 Å². The Balaban J connectivity index is 1.62. The molecule has 30 heavy (non-hydrogen) atoms. The number of hydrogen-bond acceptors (Lipinski definition) is 6. The molecule has 3 heterocycles. The molecule has 1 saturated heterocycles. The van der Waals surface area contributed by atoms with Crippen LogP contribution < -0.4 is 4.90 Å². The van der Waals surface area contributed by atoms with Crippen molar-refractivity contribution in [1.29, 1.82) is 0 Å². The van der Waals surface area contributed by atoms with E-state index in [-0.39, 0.29) is 18.4 Å². The third-order valence-electron chi connectivity index (χ3n) is 5.57. The van der Waals surface area contributed by atoms with Gasteiger partial charge >= 0.3 is 0 Å². The van der Waals surface area contributed by atoms with Crippen molar-refractivity contribution in [1.82, 2.24) is 14.8 Å². The van der Waals surface area contributed by atoms with Crippen molar-refractivity contribution in [2.24, 2.45) is 0 Å². The minimum absolute atomic E-state index is 0.237. The van der Waals surface area contributed by atoms with Crippen LogP contribution >= 0.6 is 0 Å². The number of nitrogens with zero attached hydrogens (tertiary/aromatic N) is 4. The van der Waals surface area contributed by atoms with Crippen LogP contribution in [0.2, 0.25) is 0 Å². The molecule has 0 atom stereocenters. The molecular formula is C23H26N4O3. The molecule has 0 spiro atoms. The number of benzene rings is 1. The molecule has 1 aromatic heterocycles. The fourth-order valence-electron chi connectivity index (χ4n) is 3.92. The zero-order valence-corrected chi connectivity index (χ0v) is 17.4. The fourth-order valence-corrected chi connectivity index (χ4v) is 3.92. The Labute approximate surface area is 176 Å². The molecule has 0 N–H and O–H groups in total. The van der Waals surface area contributed by atoms with Crippen LogP contribution in [0.5, 0.6) is 0 Å². The molecule has 0 unspecified atom stereocenters. The van der Waals surface area contributed by atoms with Gasteiger partial charge in [-0.25, -0.2) is 4.98 Å². The normalized spacial score (nSPS) is 17.3. The van der Waals surface area contributed by atoms with E-state index in [2.05, 4.69) is 9.88 Å². The number of carbonyl (C=O) groups is 2. The van der Waals surface area contributed by atoms with E-state index in [4.69, 9.17) is 4.74 Å². The molecule has 4 rings (SSSR count). The van der Waals surface area contributed by atoms with Gasteiger partial charge in [-0.15, -0.1) is 0 Å². The lowest BCUT2D eigenvalue weighted by atomic mass is 10.0. The first-order valence-electron chi connectivity index (χ1n) is 10.2. The lowest BCUT2D eigenvalue weighted by Crippen LogP contribution is -2.48. The highest BCUT2D eigenvalue weighted by Crippen LogP contribution is 2.32. The number of piperazine rings is 1. The summed E-state index contributed by atoms with van der Waals surface area (Å²) in [6.07, 6.45) is 1.78. The lowest BCUT2D eigenvalue weighted by molar-refractivity contribution is -0.138. The van der Waals surface area contributed by atoms with Crippen molar-refractivity contribution in [3.8, 4) is 0 Å². The number of ether oxygens (including phenoxy) is 1. The molecule has 2 aliphatic rings. The molecule has 0 bridgehead atoms. The van der Waals surface area contributed by atoms with Crippen LogP contribution in [0, 0.1) is 6.92 Å². The van der Waals surface area contributed by atoms with Crippen molar-refractivity contribution in [3.05, 3.63) is 65.5 Å². The van der Waals surface area contributed by atoms with Crippen LogP contribution in [0.15, 0.2) is 54.4 Å². The van der Waals surface area contributed by atoms with Gasteiger partial charge in [0.25, 0.3) is 11.8 Å². The largest absolute Gasteiger partial charge is 0.383 e. The van der Waals surface area contributed by atoms with Crippen molar-refractivity contribution >= 4 is 23.2 Å². The first kappa shape index (κ1) is 20.1. The van der Waals surface area contributed by atoms with Gasteiger partial charge in [0.1, 0.15) is 11.5 Å². The Morgan fingerprint density at radius 1 is 0.933 bits per heavy atom. The van der Waals surface area contributed by atoms with E-state index in [0.29, 0.717) is 31.0 Å². The molecule has 2 aliphatic heterocycles. The van der Waals surface area contributed by atoms with Gasteiger partial charge in [0.05, 0.1) is 18.7 Å². The molecule has 1 fully saturated rings. The van der Waals surface area contributed by atoms with E-state index in [1.54, 1.807) is 13.3 Å². The third kappa shape index (κ3) is 3.80. The molecule has 7 nitrogen and oxygen atoms in total. The van der Waals surface area contributed by atoms with Gasteiger partial charge in [-0.1, -0.05) is 35.9 Å². The van der Waals surface area contributed by atoms with Crippen LogP contribution in [-0.2, 0) is 14.3 Å². The van der Waals surface area contributed by atoms with Crippen LogP contribution in [0.4, 0.5) is 5.82 Å². The zero-order valence-electron chi connectivity index (χ0n) is 17.4. The van der Waals surface area contributed by atoms with E-state index >= 15 is 0 Å². The number of pyridine rings is 1. The fraction of sp³-hybridized carbons (Fsp3) is 0.348. The summed E-state index contributed by atoms with van der Waals surface area (Å²) in [5.41, 5.74) is 2.88. The van der Waals surface area contributed by atoms with Gasteiger partial charge in [0.2, 0.25) is 0 Å². The minimum atomic E-state index is -0.247. The Bertz CT molecular complexity index is 948. The summed E-state index contributed by atoms with van der Waals surface area (Å²) in [4.78, 5) is 36.4. The maximum atomic E-state index is 13.2. The maximum absolute atomic E-state index is 13.2. The number of aryl methyl sites for hydroxylation is 1. The predicted molar refractivity (Wildman–Crippen MR) is 115 cm³/mol. The number of rotatable bonds is 6. The second-order valence-electron chi connectivity index (χ2n) is 7.51. The standard InChI is InChI=1S/C23H26N4O3/c1-17-6-8-18(9-7-17)20-21(23(29)27(22(20)28)15-16-30-2)26-13-11-25(12-14-26)19-5-3-4-10-24-19/h3-10H,11-16H2,1-2H3. The third-order valence-corrected chi connectivity index (χ3v) is 5.57. The van der Waals surface area contributed by atoms with E-state index in [0.717, 1.165) is 30.0 Å². The molecule has 1 aromatic carbocycles. The van der Waals surface area contributed by atoms with Gasteiger partial charge < -0.3 is 14.5 Å². The quantitative estimate of drug-likeness (QED) is 0.683. The summed E-state index contributed by atoms with van der Waals surface area (Å²) in [5.74, 6) is 0.447. The van der Waals surface area contributed by atoms with Crippen LogP contribution in [0.3, 0.4) is 0 Å². The summed E-state index contributed by atoms with van der Waals surface area (Å²) in [6.45, 7) is 5.35. The van der Waals surface area contributed by atoms with Crippen molar-refractivity contribution in [3.63, 3.8) is 0 Å². The highest BCUT2D eigenvalue weighted by molar-refractivity contribution is 6.35. The zero-order chi connectivity index (χ0) is 21.1. The summed E-state index contributed by atoms with van der Waals surface area (Å²) >= 11 is 0.